The van der Waals surface area contributed by atoms with E-state index in [2.05, 4.69) is 276 Å². The molecule has 0 unspecified atom stereocenters. The molecule has 2 aromatic heterocycles. The summed E-state index contributed by atoms with van der Waals surface area (Å²) in [6, 6.07) is 99.0. The molecule has 2 nitrogen and oxygen atoms in total. The molecule has 0 radical (unpaired) electrons. The Balaban J connectivity index is 1.03. The van der Waals surface area contributed by atoms with Gasteiger partial charge in [-0.1, -0.05) is 218 Å². The van der Waals surface area contributed by atoms with Crippen LogP contribution in [0, 0.1) is 0 Å². The fourth-order valence-electron chi connectivity index (χ4n) is 11.7. The summed E-state index contributed by atoms with van der Waals surface area (Å²) in [6.07, 6.45) is 3.70. The summed E-state index contributed by atoms with van der Waals surface area (Å²) >= 11 is 0. The van der Waals surface area contributed by atoms with Crippen molar-refractivity contribution in [3.05, 3.63) is 324 Å². The molecule has 0 fully saturated rings. The van der Waals surface area contributed by atoms with Crippen LogP contribution in [-0.2, 0) is 10.8 Å². The Hall–Kier alpha value is -8.85. The molecule has 1 aliphatic carbocycles. The van der Waals surface area contributed by atoms with E-state index in [0.29, 0.717) is 0 Å². The van der Waals surface area contributed by atoms with Gasteiger partial charge in [-0.2, -0.15) is 0 Å². The van der Waals surface area contributed by atoms with E-state index >= 15 is 0 Å². The number of nitrogens with zero attached hydrogens (tertiary/aromatic N) is 2. The third-order valence-corrected chi connectivity index (χ3v) is 14.7. The Morgan fingerprint density at radius 3 is 1.36 bits per heavy atom. The van der Waals surface area contributed by atoms with Crippen molar-refractivity contribution in [3.63, 3.8) is 0 Å². The number of hydrogen-bond acceptors (Lipinski definition) is 1. The van der Waals surface area contributed by atoms with E-state index in [1.165, 1.54) is 94.1 Å². The number of rotatable bonds is 9. The summed E-state index contributed by atoms with van der Waals surface area (Å²) in [5.41, 5.74) is 19.4. The van der Waals surface area contributed by atoms with Crippen molar-refractivity contribution in [2.45, 2.75) is 10.8 Å². The topological polar surface area (TPSA) is 17.8 Å². The second-order valence-electron chi connectivity index (χ2n) is 18.2. The molecule has 0 saturated heterocycles. The van der Waals surface area contributed by atoms with Crippen molar-refractivity contribution in [1.82, 2.24) is 9.55 Å². The van der Waals surface area contributed by atoms with Crippen molar-refractivity contribution in [3.8, 4) is 39.1 Å². The lowest BCUT2D eigenvalue weighted by molar-refractivity contribution is 0.729. The van der Waals surface area contributed by atoms with E-state index in [-0.39, 0.29) is 0 Å². The first-order chi connectivity index (χ1) is 34.2. The molecule has 324 valence electrons. The maximum absolute atomic E-state index is 4.22. The SMILES string of the molecule is c1ccc(C(c2ccccc2)(c2ccccc2)c2ccc3c(c2)C(c2ccccc2)(c2ccccc2)c2cc(-c4ccc5c(c4)c4ccccc4n5-c4ccc(-c5ccncc5)cc4)ccc2-3)cc1. The van der Waals surface area contributed by atoms with Gasteiger partial charge in [0.25, 0.3) is 0 Å². The fourth-order valence-corrected chi connectivity index (χ4v) is 11.7. The predicted molar refractivity (Wildman–Crippen MR) is 285 cm³/mol. The largest absolute Gasteiger partial charge is 0.309 e. The zero-order valence-electron chi connectivity index (χ0n) is 38.0. The number of fused-ring (bicyclic) bond motifs is 6. The molecule has 0 saturated carbocycles. The van der Waals surface area contributed by atoms with Gasteiger partial charge in [-0.25, -0.2) is 0 Å². The monoisotopic (exact) mass is 878 g/mol. The summed E-state index contributed by atoms with van der Waals surface area (Å²) in [5, 5.41) is 2.46. The van der Waals surface area contributed by atoms with Gasteiger partial charge in [0, 0.05) is 28.9 Å². The Morgan fingerprint density at radius 2 is 0.768 bits per heavy atom. The third-order valence-electron chi connectivity index (χ3n) is 14.7. The van der Waals surface area contributed by atoms with Crippen LogP contribution in [0.5, 0.6) is 0 Å². The summed E-state index contributed by atoms with van der Waals surface area (Å²) in [7, 11) is 0. The molecule has 0 atom stereocenters. The van der Waals surface area contributed by atoms with Gasteiger partial charge in [0.05, 0.1) is 21.9 Å². The van der Waals surface area contributed by atoms with Gasteiger partial charge in [-0.3, -0.25) is 4.98 Å². The molecular formula is C67H46N2. The Bertz CT molecular complexity index is 3650. The van der Waals surface area contributed by atoms with Crippen LogP contribution in [0.15, 0.2) is 279 Å². The van der Waals surface area contributed by atoms with Crippen LogP contribution in [0.3, 0.4) is 0 Å². The summed E-state index contributed by atoms with van der Waals surface area (Å²) in [5.74, 6) is 0. The zero-order chi connectivity index (χ0) is 45.8. The van der Waals surface area contributed by atoms with Crippen molar-refractivity contribution in [2.75, 3.05) is 0 Å². The highest BCUT2D eigenvalue weighted by Crippen LogP contribution is 2.58. The van der Waals surface area contributed by atoms with Crippen LogP contribution in [0.2, 0.25) is 0 Å². The van der Waals surface area contributed by atoms with Gasteiger partial charge in [-0.05, 0) is 126 Å². The van der Waals surface area contributed by atoms with Crippen molar-refractivity contribution in [2.24, 2.45) is 0 Å². The van der Waals surface area contributed by atoms with Gasteiger partial charge in [0.1, 0.15) is 0 Å². The smallest absolute Gasteiger partial charge is 0.0713 e. The standard InChI is InChI=1S/C67H46N2/c1-6-18-51(19-7-1)66(52-20-8-2-9-21-52,53-22-10-3-11-23-53)56-34-38-59-58-37-32-50(45-62(58)67(63(59)46-56,54-24-12-4-13-25-54)55-26-14-5-15-27-55)49-33-39-65-61(44-49)60-28-16-17-29-64(60)69(65)57-35-30-47(31-36-57)48-40-42-68-43-41-48/h1-46H. The van der Waals surface area contributed by atoms with Crippen molar-refractivity contribution >= 4 is 21.8 Å². The van der Waals surface area contributed by atoms with Crippen molar-refractivity contribution in [1.29, 1.82) is 0 Å². The first kappa shape index (κ1) is 40.4. The molecule has 0 spiro atoms. The molecule has 1 aliphatic rings. The molecule has 0 aliphatic heterocycles. The Kier molecular flexibility index (Phi) is 9.66. The minimum absolute atomic E-state index is 0.603. The summed E-state index contributed by atoms with van der Waals surface area (Å²) in [4.78, 5) is 4.22. The highest BCUT2D eigenvalue weighted by molar-refractivity contribution is 6.10. The average Bonchev–Trinajstić information content (AvgIpc) is 3.92. The maximum Gasteiger partial charge on any atom is 0.0713 e. The van der Waals surface area contributed by atoms with E-state index in [9.17, 15) is 0 Å². The molecule has 69 heavy (non-hydrogen) atoms. The first-order valence-electron chi connectivity index (χ1n) is 23.8. The molecule has 2 heterocycles. The van der Waals surface area contributed by atoms with Gasteiger partial charge < -0.3 is 4.57 Å². The second kappa shape index (κ2) is 16.5. The molecule has 2 heteroatoms. The highest BCUT2D eigenvalue weighted by atomic mass is 15.0. The van der Waals surface area contributed by atoms with Crippen LogP contribution in [0.25, 0.3) is 60.9 Å². The molecule has 0 bridgehead atoms. The van der Waals surface area contributed by atoms with E-state index in [4.69, 9.17) is 0 Å². The van der Waals surface area contributed by atoms with Crippen LogP contribution >= 0.6 is 0 Å². The molecule has 12 aromatic rings. The van der Waals surface area contributed by atoms with Crippen molar-refractivity contribution < 1.29 is 0 Å². The molecule has 0 N–H and O–H groups in total. The number of hydrogen-bond donors (Lipinski definition) is 0. The van der Waals surface area contributed by atoms with Gasteiger partial charge in [-0.15, -0.1) is 0 Å². The minimum Gasteiger partial charge on any atom is -0.309 e. The lowest BCUT2D eigenvalue weighted by atomic mass is 9.63. The van der Waals surface area contributed by atoms with Gasteiger partial charge >= 0.3 is 0 Å². The Labute approximate surface area is 403 Å². The van der Waals surface area contributed by atoms with Crippen LogP contribution < -0.4 is 0 Å². The van der Waals surface area contributed by atoms with Crippen LogP contribution in [0.4, 0.5) is 0 Å². The number of pyridine rings is 1. The number of para-hydroxylation sites is 1. The second-order valence-corrected chi connectivity index (χ2v) is 18.2. The minimum atomic E-state index is -0.627. The number of benzene rings is 10. The predicted octanol–water partition coefficient (Wildman–Crippen LogP) is 16.3. The van der Waals surface area contributed by atoms with E-state index < -0.39 is 10.8 Å². The quantitative estimate of drug-likeness (QED) is 0.132. The molecule has 0 amide bonds. The molecule has 13 rings (SSSR count). The lowest BCUT2D eigenvalue weighted by Crippen LogP contribution is -2.33. The van der Waals surface area contributed by atoms with Crippen LogP contribution in [0.1, 0.15) is 44.5 Å². The highest BCUT2D eigenvalue weighted by Gasteiger charge is 2.48. The van der Waals surface area contributed by atoms with Gasteiger partial charge in [0.2, 0.25) is 0 Å². The average molecular weight is 879 g/mol. The molecule has 10 aromatic carbocycles. The maximum atomic E-state index is 4.22. The zero-order valence-corrected chi connectivity index (χ0v) is 38.0. The van der Waals surface area contributed by atoms with Gasteiger partial charge in [0.15, 0.2) is 0 Å². The van der Waals surface area contributed by atoms with E-state index in [0.717, 1.165) is 11.3 Å². The van der Waals surface area contributed by atoms with E-state index in [1.807, 2.05) is 12.4 Å². The summed E-state index contributed by atoms with van der Waals surface area (Å²) in [6.45, 7) is 0. The first-order valence-corrected chi connectivity index (χ1v) is 23.8. The summed E-state index contributed by atoms with van der Waals surface area (Å²) < 4.78 is 2.40. The lowest BCUT2D eigenvalue weighted by Gasteiger charge is -2.39. The fraction of sp³-hybridized carbons (Fsp3) is 0.0299. The normalized spacial score (nSPS) is 12.8. The molecular weight excluding hydrogens is 833 g/mol. The Morgan fingerprint density at radius 1 is 0.319 bits per heavy atom. The third kappa shape index (κ3) is 6.30. The van der Waals surface area contributed by atoms with E-state index in [1.54, 1.807) is 0 Å². The number of aromatic nitrogens is 2. The van der Waals surface area contributed by atoms with Crippen LogP contribution in [-0.4, -0.2) is 9.55 Å².